The molecule has 0 aliphatic heterocycles. The number of sulfonamides is 1. The van der Waals surface area contributed by atoms with E-state index in [0.29, 0.717) is 17.9 Å². The van der Waals surface area contributed by atoms with E-state index < -0.39 is 10.0 Å². The molecule has 1 aromatic carbocycles. The maximum Gasteiger partial charge on any atom is 0.232 e. The van der Waals surface area contributed by atoms with Gasteiger partial charge in [0.15, 0.2) is 0 Å². The Kier molecular flexibility index (Phi) is 3.56. The Morgan fingerprint density at radius 2 is 2.00 bits per heavy atom. The first-order valence-corrected chi connectivity index (χ1v) is 7.10. The molecule has 1 aromatic heterocycles. The Bertz CT molecular complexity index is 592. The van der Waals surface area contributed by atoms with Gasteiger partial charge in [-0.05, 0) is 35.9 Å². The highest BCUT2D eigenvalue weighted by Gasteiger charge is 2.09. The minimum atomic E-state index is -3.25. The van der Waals surface area contributed by atoms with Gasteiger partial charge in [-0.1, -0.05) is 6.92 Å². The van der Waals surface area contributed by atoms with Crippen molar-refractivity contribution in [2.45, 2.75) is 13.3 Å². The molecule has 0 saturated carbocycles. The highest BCUT2D eigenvalue weighted by atomic mass is 32.2. The third-order valence-electron chi connectivity index (χ3n) is 2.23. The summed E-state index contributed by atoms with van der Waals surface area (Å²) in [6.07, 6.45) is 0.580. The number of anilines is 1. The third-order valence-corrected chi connectivity index (χ3v) is 3.73. The molecular weight excluding hydrogens is 254 g/mol. The summed E-state index contributed by atoms with van der Waals surface area (Å²) in [7, 11) is -3.25. The van der Waals surface area contributed by atoms with Gasteiger partial charge in [-0.15, -0.1) is 10.2 Å². The molecule has 0 aliphatic rings. The lowest BCUT2D eigenvalue weighted by Gasteiger charge is -2.06. The lowest BCUT2D eigenvalue weighted by Crippen LogP contribution is -2.15. The van der Waals surface area contributed by atoms with Gasteiger partial charge in [0.05, 0.1) is 5.75 Å². The molecule has 1 heterocycles. The topological polar surface area (TPSA) is 101 Å². The zero-order chi connectivity index (χ0) is 13.0. The largest absolute Gasteiger partial charge is 0.284 e. The van der Waals surface area contributed by atoms with Crippen LogP contribution in [0.2, 0.25) is 0 Å². The summed E-state index contributed by atoms with van der Waals surface area (Å²) >= 11 is 0. The highest BCUT2D eigenvalue weighted by Crippen LogP contribution is 2.17. The number of nitrogens with zero attached hydrogens (tertiary/aromatic N) is 3. The number of nitrogens with one attached hydrogen (secondary N) is 2. The summed E-state index contributed by atoms with van der Waals surface area (Å²) in [5.74, 6) is 0.581. The monoisotopic (exact) mass is 267 g/mol. The predicted octanol–water partition coefficient (Wildman–Crippen LogP) is 1.02. The average Bonchev–Trinajstić information content (AvgIpc) is 2.82. The van der Waals surface area contributed by atoms with Crippen molar-refractivity contribution in [3.8, 4) is 11.4 Å². The second kappa shape index (κ2) is 5.13. The molecule has 0 amide bonds. The van der Waals surface area contributed by atoms with Crippen molar-refractivity contribution < 1.29 is 8.42 Å². The van der Waals surface area contributed by atoms with E-state index in [0.717, 1.165) is 5.56 Å². The first-order chi connectivity index (χ1) is 8.61. The minimum Gasteiger partial charge on any atom is -0.284 e. The van der Waals surface area contributed by atoms with E-state index in [4.69, 9.17) is 0 Å². The van der Waals surface area contributed by atoms with Crippen molar-refractivity contribution in [1.29, 1.82) is 0 Å². The van der Waals surface area contributed by atoms with Crippen molar-refractivity contribution in [2.24, 2.45) is 0 Å². The molecule has 0 radical (unpaired) electrons. The average molecular weight is 267 g/mol. The van der Waals surface area contributed by atoms with Crippen LogP contribution in [0.4, 0.5) is 5.69 Å². The molecule has 0 saturated heterocycles. The summed E-state index contributed by atoms with van der Waals surface area (Å²) in [5.41, 5.74) is 1.29. The quantitative estimate of drug-likeness (QED) is 0.842. The Morgan fingerprint density at radius 1 is 1.28 bits per heavy atom. The number of benzene rings is 1. The molecule has 2 rings (SSSR count). The van der Waals surface area contributed by atoms with Crippen LogP contribution < -0.4 is 4.72 Å². The lowest BCUT2D eigenvalue weighted by molar-refractivity contribution is 0.600. The van der Waals surface area contributed by atoms with E-state index in [1.54, 1.807) is 24.3 Å². The van der Waals surface area contributed by atoms with Crippen LogP contribution >= 0.6 is 0 Å². The van der Waals surface area contributed by atoms with E-state index in [1.165, 1.54) is 0 Å². The van der Waals surface area contributed by atoms with Crippen molar-refractivity contribution in [3.05, 3.63) is 24.3 Å². The van der Waals surface area contributed by atoms with E-state index in [1.807, 2.05) is 6.92 Å². The molecule has 0 fully saturated rings. The van der Waals surface area contributed by atoms with Gasteiger partial charge in [0, 0.05) is 11.3 Å². The SMILES string of the molecule is CCCS(=O)(=O)Nc1ccc(-c2nn[nH]n2)cc1. The van der Waals surface area contributed by atoms with Crippen LogP contribution in [0, 0.1) is 0 Å². The molecular formula is C10H13N5O2S. The maximum absolute atomic E-state index is 11.6. The van der Waals surface area contributed by atoms with Crippen LogP contribution in [0.5, 0.6) is 0 Å². The van der Waals surface area contributed by atoms with Crippen molar-refractivity contribution in [1.82, 2.24) is 20.6 Å². The van der Waals surface area contributed by atoms with Gasteiger partial charge in [0.2, 0.25) is 15.8 Å². The Balaban J connectivity index is 2.14. The normalized spacial score (nSPS) is 11.4. The fourth-order valence-corrected chi connectivity index (χ4v) is 2.61. The molecule has 0 unspecified atom stereocenters. The molecule has 2 aromatic rings. The first-order valence-electron chi connectivity index (χ1n) is 5.45. The second-order valence-corrected chi connectivity index (χ2v) is 5.58. The predicted molar refractivity (Wildman–Crippen MR) is 67.3 cm³/mol. The van der Waals surface area contributed by atoms with Gasteiger partial charge in [0.1, 0.15) is 0 Å². The van der Waals surface area contributed by atoms with Gasteiger partial charge in [0.25, 0.3) is 0 Å². The lowest BCUT2D eigenvalue weighted by atomic mass is 10.2. The number of hydrogen-bond donors (Lipinski definition) is 2. The fourth-order valence-electron chi connectivity index (χ4n) is 1.47. The molecule has 8 heteroatoms. The zero-order valence-electron chi connectivity index (χ0n) is 9.79. The van der Waals surface area contributed by atoms with Gasteiger partial charge in [-0.3, -0.25) is 4.72 Å². The van der Waals surface area contributed by atoms with Gasteiger partial charge >= 0.3 is 0 Å². The van der Waals surface area contributed by atoms with E-state index in [9.17, 15) is 8.42 Å². The standard InChI is InChI=1S/C10H13N5O2S/c1-2-7-18(16,17)13-9-5-3-8(4-6-9)10-11-14-15-12-10/h3-6,13H,2,7H2,1H3,(H,11,12,14,15). The Hall–Kier alpha value is -1.96. The molecule has 0 atom stereocenters. The van der Waals surface area contributed by atoms with Crippen molar-refractivity contribution in [2.75, 3.05) is 10.5 Å². The smallest absolute Gasteiger partial charge is 0.232 e. The molecule has 0 aliphatic carbocycles. The van der Waals surface area contributed by atoms with Gasteiger partial charge in [-0.2, -0.15) is 5.21 Å². The summed E-state index contributed by atoms with van der Waals surface area (Å²) in [6, 6.07) is 6.79. The second-order valence-electron chi connectivity index (χ2n) is 3.73. The van der Waals surface area contributed by atoms with E-state index in [-0.39, 0.29) is 5.75 Å². The number of rotatable bonds is 5. The maximum atomic E-state index is 11.6. The number of aromatic nitrogens is 4. The molecule has 2 N–H and O–H groups in total. The Morgan fingerprint density at radius 3 is 2.56 bits per heavy atom. The minimum absolute atomic E-state index is 0.111. The summed E-state index contributed by atoms with van der Waals surface area (Å²) in [5, 5.41) is 13.5. The molecule has 96 valence electrons. The summed E-state index contributed by atoms with van der Waals surface area (Å²) in [4.78, 5) is 0. The highest BCUT2D eigenvalue weighted by molar-refractivity contribution is 7.92. The number of hydrogen-bond acceptors (Lipinski definition) is 5. The molecule has 18 heavy (non-hydrogen) atoms. The first kappa shape index (κ1) is 12.5. The Labute approximate surface area is 105 Å². The van der Waals surface area contributed by atoms with Crippen LogP contribution in [0.25, 0.3) is 11.4 Å². The van der Waals surface area contributed by atoms with Crippen LogP contribution in [-0.4, -0.2) is 34.8 Å². The number of H-pyrrole nitrogens is 1. The van der Waals surface area contributed by atoms with Gasteiger partial charge < -0.3 is 0 Å². The molecule has 0 bridgehead atoms. The molecule has 0 spiro atoms. The fraction of sp³-hybridized carbons (Fsp3) is 0.300. The van der Waals surface area contributed by atoms with Gasteiger partial charge in [-0.25, -0.2) is 8.42 Å². The number of tetrazole rings is 1. The molecule has 7 nitrogen and oxygen atoms in total. The summed E-state index contributed by atoms with van der Waals surface area (Å²) < 4.78 is 25.6. The third kappa shape index (κ3) is 3.04. The van der Waals surface area contributed by atoms with Crippen LogP contribution in [0.3, 0.4) is 0 Å². The van der Waals surface area contributed by atoms with E-state index >= 15 is 0 Å². The zero-order valence-corrected chi connectivity index (χ0v) is 10.6. The van der Waals surface area contributed by atoms with Crippen LogP contribution in [-0.2, 0) is 10.0 Å². The van der Waals surface area contributed by atoms with Crippen LogP contribution in [0.15, 0.2) is 24.3 Å². The van der Waals surface area contributed by atoms with Crippen molar-refractivity contribution >= 4 is 15.7 Å². The van der Waals surface area contributed by atoms with Crippen LogP contribution in [0.1, 0.15) is 13.3 Å². The number of aromatic amines is 1. The van der Waals surface area contributed by atoms with E-state index in [2.05, 4.69) is 25.3 Å². The van der Waals surface area contributed by atoms with Crippen molar-refractivity contribution in [3.63, 3.8) is 0 Å². The summed E-state index contributed by atoms with van der Waals surface area (Å²) in [6.45, 7) is 1.82.